The van der Waals surface area contributed by atoms with Gasteiger partial charge in [0.05, 0.1) is 12.2 Å². The van der Waals surface area contributed by atoms with E-state index < -0.39 is 0 Å². The van der Waals surface area contributed by atoms with Crippen molar-refractivity contribution in [3.05, 3.63) is 0 Å². The van der Waals surface area contributed by atoms with Gasteiger partial charge in [0, 0.05) is 12.6 Å². The van der Waals surface area contributed by atoms with Crippen molar-refractivity contribution in [2.24, 2.45) is 11.8 Å². The molecule has 1 N–H and O–H groups in total. The number of fused-ring (bicyclic) bond motifs is 3. The van der Waals surface area contributed by atoms with Gasteiger partial charge in [0.25, 0.3) is 0 Å². The van der Waals surface area contributed by atoms with Crippen molar-refractivity contribution in [2.75, 3.05) is 19.6 Å². The Bertz CT molecular complexity index is 363. The van der Waals surface area contributed by atoms with Crippen LogP contribution in [-0.4, -0.2) is 53.6 Å². The molecule has 1 amide bonds. The number of carbonyl (C=O) groups is 1. The standard InChI is InChI=1S/C16H29N3O/c1-4-13-16(20)19(15(17-13)9-11(2)3)14-10-18-7-5-12(14)6-8-18/h11-15,17H,4-10H2,1-3H3. The van der Waals surface area contributed by atoms with Gasteiger partial charge >= 0.3 is 0 Å². The van der Waals surface area contributed by atoms with Crippen molar-refractivity contribution in [2.45, 2.75) is 64.7 Å². The minimum Gasteiger partial charge on any atom is -0.321 e. The Labute approximate surface area is 122 Å². The van der Waals surface area contributed by atoms with E-state index in [0.717, 1.165) is 25.3 Å². The Hall–Kier alpha value is -0.610. The highest BCUT2D eigenvalue weighted by Crippen LogP contribution is 2.34. The molecule has 0 aromatic rings. The molecule has 4 heteroatoms. The number of amides is 1. The van der Waals surface area contributed by atoms with Gasteiger partial charge in [0.2, 0.25) is 5.91 Å². The minimum absolute atomic E-state index is 0.0502. The molecule has 2 bridgehead atoms. The summed E-state index contributed by atoms with van der Waals surface area (Å²) in [5.41, 5.74) is 0. The smallest absolute Gasteiger partial charge is 0.241 e. The minimum atomic E-state index is 0.0502. The number of carbonyl (C=O) groups excluding carboxylic acids is 1. The van der Waals surface area contributed by atoms with Crippen molar-refractivity contribution in [1.82, 2.24) is 15.1 Å². The van der Waals surface area contributed by atoms with Gasteiger partial charge < -0.3 is 9.80 Å². The molecule has 0 spiro atoms. The van der Waals surface area contributed by atoms with E-state index in [1.165, 1.54) is 25.9 Å². The van der Waals surface area contributed by atoms with Crippen LogP contribution in [0.25, 0.3) is 0 Å². The Morgan fingerprint density at radius 2 is 2.00 bits per heavy atom. The molecule has 4 aliphatic rings. The largest absolute Gasteiger partial charge is 0.321 e. The third-order valence-corrected chi connectivity index (χ3v) is 5.36. The SMILES string of the molecule is CCC1NC(CC(C)C)N(C2CN3CCC2CC3)C1=O. The van der Waals surface area contributed by atoms with E-state index in [0.29, 0.717) is 17.9 Å². The number of nitrogens with zero attached hydrogens (tertiary/aromatic N) is 2. The van der Waals surface area contributed by atoms with Crippen LogP contribution in [0.2, 0.25) is 0 Å². The van der Waals surface area contributed by atoms with Crippen molar-refractivity contribution >= 4 is 5.91 Å². The molecule has 0 aromatic carbocycles. The summed E-state index contributed by atoms with van der Waals surface area (Å²) in [6.45, 7) is 10.2. The lowest BCUT2D eigenvalue weighted by Crippen LogP contribution is -2.60. The van der Waals surface area contributed by atoms with Gasteiger partial charge in [-0.3, -0.25) is 10.1 Å². The van der Waals surface area contributed by atoms with E-state index in [2.05, 4.69) is 35.9 Å². The number of rotatable bonds is 4. The fraction of sp³-hybridized carbons (Fsp3) is 0.938. The molecule has 4 fully saturated rings. The highest BCUT2D eigenvalue weighted by molar-refractivity contribution is 5.84. The van der Waals surface area contributed by atoms with Gasteiger partial charge in [-0.2, -0.15) is 0 Å². The summed E-state index contributed by atoms with van der Waals surface area (Å²) < 4.78 is 0. The summed E-state index contributed by atoms with van der Waals surface area (Å²) in [5, 5.41) is 3.59. The molecule has 3 atom stereocenters. The van der Waals surface area contributed by atoms with Gasteiger partial charge in [-0.05, 0) is 50.6 Å². The summed E-state index contributed by atoms with van der Waals surface area (Å²) in [6.07, 6.45) is 4.80. The zero-order valence-electron chi connectivity index (χ0n) is 13.1. The number of hydrogen-bond acceptors (Lipinski definition) is 3. The van der Waals surface area contributed by atoms with Crippen molar-refractivity contribution < 1.29 is 4.79 Å². The molecule has 114 valence electrons. The zero-order chi connectivity index (χ0) is 14.3. The van der Waals surface area contributed by atoms with Crippen LogP contribution >= 0.6 is 0 Å². The Balaban J connectivity index is 1.78. The highest BCUT2D eigenvalue weighted by atomic mass is 16.2. The van der Waals surface area contributed by atoms with Crippen molar-refractivity contribution in [3.63, 3.8) is 0 Å². The second-order valence-electron chi connectivity index (χ2n) is 7.22. The van der Waals surface area contributed by atoms with Gasteiger partial charge in [0.1, 0.15) is 0 Å². The Morgan fingerprint density at radius 1 is 1.30 bits per heavy atom. The molecule has 0 aliphatic carbocycles. The van der Waals surface area contributed by atoms with Crippen LogP contribution in [0.5, 0.6) is 0 Å². The maximum absolute atomic E-state index is 12.7. The first-order chi connectivity index (χ1) is 9.60. The summed E-state index contributed by atoms with van der Waals surface area (Å²) in [7, 11) is 0. The maximum Gasteiger partial charge on any atom is 0.241 e. The topological polar surface area (TPSA) is 35.6 Å². The highest BCUT2D eigenvalue weighted by Gasteiger charge is 2.47. The molecule has 0 radical (unpaired) electrons. The van der Waals surface area contributed by atoms with Crippen LogP contribution in [0.4, 0.5) is 0 Å². The first kappa shape index (κ1) is 14.3. The Kier molecular flexibility index (Phi) is 4.04. The van der Waals surface area contributed by atoms with Crippen LogP contribution in [-0.2, 0) is 4.79 Å². The van der Waals surface area contributed by atoms with Crippen molar-refractivity contribution in [3.8, 4) is 0 Å². The number of nitrogens with one attached hydrogen (secondary N) is 1. The molecule has 4 rings (SSSR count). The number of piperidine rings is 3. The van der Waals surface area contributed by atoms with Crippen LogP contribution in [0.3, 0.4) is 0 Å². The van der Waals surface area contributed by atoms with Crippen LogP contribution in [0.1, 0.15) is 46.5 Å². The van der Waals surface area contributed by atoms with Gasteiger partial charge in [0.15, 0.2) is 0 Å². The lowest BCUT2D eigenvalue weighted by Gasteiger charge is -2.49. The van der Waals surface area contributed by atoms with Gasteiger partial charge in [-0.15, -0.1) is 0 Å². The molecular formula is C16H29N3O. The quantitative estimate of drug-likeness (QED) is 0.850. The second kappa shape index (κ2) is 5.64. The third-order valence-electron chi connectivity index (χ3n) is 5.36. The summed E-state index contributed by atoms with van der Waals surface area (Å²) in [6, 6.07) is 0.506. The lowest BCUT2D eigenvalue weighted by molar-refractivity contribution is -0.137. The first-order valence-electron chi connectivity index (χ1n) is 8.40. The number of hydrogen-bond donors (Lipinski definition) is 1. The molecule has 20 heavy (non-hydrogen) atoms. The average Bonchev–Trinajstić information content (AvgIpc) is 2.75. The third kappa shape index (κ3) is 2.48. The van der Waals surface area contributed by atoms with E-state index in [1.807, 2.05) is 0 Å². The van der Waals surface area contributed by atoms with Crippen molar-refractivity contribution in [1.29, 1.82) is 0 Å². The van der Waals surface area contributed by atoms with E-state index >= 15 is 0 Å². The first-order valence-corrected chi connectivity index (χ1v) is 8.40. The van der Waals surface area contributed by atoms with Gasteiger partial charge in [-0.25, -0.2) is 0 Å². The molecular weight excluding hydrogens is 250 g/mol. The summed E-state index contributed by atoms with van der Waals surface area (Å²) >= 11 is 0. The predicted molar refractivity (Wildman–Crippen MR) is 80.3 cm³/mol. The van der Waals surface area contributed by atoms with E-state index in [4.69, 9.17) is 0 Å². The fourth-order valence-electron chi connectivity index (χ4n) is 4.28. The monoisotopic (exact) mass is 279 g/mol. The summed E-state index contributed by atoms with van der Waals surface area (Å²) in [4.78, 5) is 17.5. The molecule has 4 nitrogen and oxygen atoms in total. The van der Waals surface area contributed by atoms with E-state index in [9.17, 15) is 4.79 Å². The average molecular weight is 279 g/mol. The molecule has 0 saturated carbocycles. The molecule has 0 aromatic heterocycles. The predicted octanol–water partition coefficient (Wildman–Crippen LogP) is 1.66. The molecule has 4 heterocycles. The van der Waals surface area contributed by atoms with E-state index in [-0.39, 0.29) is 12.2 Å². The van der Waals surface area contributed by atoms with E-state index in [1.54, 1.807) is 0 Å². The van der Waals surface area contributed by atoms with Crippen LogP contribution in [0, 0.1) is 11.8 Å². The molecule has 3 unspecified atom stereocenters. The molecule has 4 saturated heterocycles. The van der Waals surface area contributed by atoms with Gasteiger partial charge in [-0.1, -0.05) is 20.8 Å². The second-order valence-corrected chi connectivity index (χ2v) is 7.22. The maximum atomic E-state index is 12.7. The fourth-order valence-corrected chi connectivity index (χ4v) is 4.28. The zero-order valence-corrected chi connectivity index (χ0v) is 13.1. The van der Waals surface area contributed by atoms with Crippen LogP contribution in [0.15, 0.2) is 0 Å². The normalized spacial score (nSPS) is 40.9. The lowest BCUT2D eigenvalue weighted by atomic mass is 9.82. The summed E-state index contributed by atoms with van der Waals surface area (Å²) in [5.74, 6) is 1.72. The Morgan fingerprint density at radius 3 is 2.50 bits per heavy atom. The van der Waals surface area contributed by atoms with Crippen LogP contribution < -0.4 is 5.32 Å². The molecule has 4 aliphatic heterocycles.